The van der Waals surface area contributed by atoms with Gasteiger partial charge in [-0.1, -0.05) is 6.92 Å². The summed E-state index contributed by atoms with van der Waals surface area (Å²) in [6, 6.07) is 0. The summed E-state index contributed by atoms with van der Waals surface area (Å²) >= 11 is 0. The van der Waals surface area contributed by atoms with Crippen LogP contribution in [0.1, 0.15) is 19.0 Å². The van der Waals surface area contributed by atoms with Crippen LogP contribution in [0.5, 0.6) is 5.88 Å². The van der Waals surface area contributed by atoms with Crippen molar-refractivity contribution >= 4 is 11.5 Å². The molecule has 0 aliphatic rings. The van der Waals surface area contributed by atoms with E-state index in [1.165, 1.54) is 6.33 Å². The zero-order valence-corrected chi connectivity index (χ0v) is 10.9. The summed E-state index contributed by atoms with van der Waals surface area (Å²) in [5.41, 5.74) is 7.45. The number of nitrogens with two attached hydrogens (primary N) is 1. The second kappa shape index (κ2) is 6.58. The van der Waals surface area contributed by atoms with Crippen molar-refractivity contribution in [2.24, 2.45) is 0 Å². The number of hydrogen-bond donors (Lipinski definition) is 3. The lowest BCUT2D eigenvalue weighted by Gasteiger charge is -2.11. The molecule has 0 aliphatic heterocycles. The van der Waals surface area contributed by atoms with Crippen LogP contribution in [0.4, 0.5) is 11.5 Å². The fraction of sp³-hybridized carbons (Fsp3) is 0.417. The predicted octanol–water partition coefficient (Wildman–Crippen LogP) is 1.23. The van der Waals surface area contributed by atoms with Gasteiger partial charge in [0.1, 0.15) is 12.0 Å². The average molecular weight is 262 g/mol. The summed E-state index contributed by atoms with van der Waals surface area (Å²) in [6.45, 7) is 3.33. The molecular formula is C12H18N6O. The molecule has 7 nitrogen and oxygen atoms in total. The molecule has 19 heavy (non-hydrogen) atoms. The third-order valence-electron chi connectivity index (χ3n) is 2.53. The molecule has 2 heterocycles. The van der Waals surface area contributed by atoms with Gasteiger partial charge in [0.2, 0.25) is 5.88 Å². The van der Waals surface area contributed by atoms with Crippen molar-refractivity contribution in [3.8, 4) is 5.88 Å². The Hall–Kier alpha value is -2.31. The minimum atomic E-state index is 0.431. The van der Waals surface area contributed by atoms with E-state index in [-0.39, 0.29) is 0 Å². The summed E-state index contributed by atoms with van der Waals surface area (Å²) in [4.78, 5) is 15.1. The number of ether oxygens (including phenoxy) is 1. The van der Waals surface area contributed by atoms with Crippen LogP contribution in [0, 0.1) is 0 Å². The number of aromatic nitrogens is 4. The first-order valence-corrected chi connectivity index (χ1v) is 6.25. The number of nitrogens with one attached hydrogen (secondary N) is 2. The van der Waals surface area contributed by atoms with Crippen molar-refractivity contribution in [2.75, 3.05) is 24.2 Å². The molecule has 7 heteroatoms. The first-order chi connectivity index (χ1) is 9.31. The molecular weight excluding hydrogens is 244 g/mol. The van der Waals surface area contributed by atoms with Crippen LogP contribution in [0.25, 0.3) is 0 Å². The highest BCUT2D eigenvalue weighted by atomic mass is 16.5. The molecule has 0 saturated carbocycles. The van der Waals surface area contributed by atoms with E-state index in [0.29, 0.717) is 30.5 Å². The monoisotopic (exact) mass is 262 g/mol. The number of nitrogens with zero attached hydrogens (tertiary/aromatic N) is 3. The Kier molecular flexibility index (Phi) is 4.54. The quantitative estimate of drug-likeness (QED) is 0.693. The lowest BCUT2D eigenvalue weighted by atomic mass is 10.3. The third kappa shape index (κ3) is 3.57. The van der Waals surface area contributed by atoms with Gasteiger partial charge in [0, 0.05) is 24.9 Å². The summed E-state index contributed by atoms with van der Waals surface area (Å²) < 4.78 is 5.45. The highest BCUT2D eigenvalue weighted by molar-refractivity contribution is 5.66. The van der Waals surface area contributed by atoms with Crippen LogP contribution >= 0.6 is 0 Å². The minimum absolute atomic E-state index is 0.431. The number of H-pyrrole nitrogens is 1. The van der Waals surface area contributed by atoms with E-state index in [0.717, 1.165) is 18.5 Å². The van der Waals surface area contributed by atoms with Gasteiger partial charge in [-0.25, -0.2) is 9.97 Å². The van der Waals surface area contributed by atoms with Crippen molar-refractivity contribution in [3.05, 3.63) is 24.5 Å². The number of rotatable bonds is 7. The van der Waals surface area contributed by atoms with Crippen LogP contribution < -0.4 is 15.8 Å². The van der Waals surface area contributed by atoms with E-state index in [4.69, 9.17) is 10.5 Å². The fourth-order valence-electron chi connectivity index (χ4n) is 1.57. The topological polar surface area (TPSA) is 102 Å². The molecule has 0 saturated heterocycles. The molecule has 0 aliphatic carbocycles. The number of imidazole rings is 1. The highest BCUT2D eigenvalue weighted by Gasteiger charge is 2.08. The van der Waals surface area contributed by atoms with Crippen LogP contribution in [0.3, 0.4) is 0 Å². The number of anilines is 2. The molecule has 2 rings (SSSR count). The van der Waals surface area contributed by atoms with E-state index < -0.39 is 0 Å². The molecule has 0 amide bonds. The van der Waals surface area contributed by atoms with E-state index in [1.807, 2.05) is 6.92 Å². The van der Waals surface area contributed by atoms with Gasteiger partial charge in [-0.2, -0.15) is 4.98 Å². The molecule has 0 spiro atoms. The van der Waals surface area contributed by atoms with Gasteiger partial charge >= 0.3 is 0 Å². The molecule has 0 unspecified atom stereocenters. The SMILES string of the molecule is CCCOc1ncnc(NCCc2cnc[nH]2)c1N. The van der Waals surface area contributed by atoms with Gasteiger partial charge < -0.3 is 20.8 Å². The van der Waals surface area contributed by atoms with Gasteiger partial charge in [-0.3, -0.25) is 0 Å². The zero-order chi connectivity index (χ0) is 13.5. The maximum Gasteiger partial charge on any atom is 0.242 e. The van der Waals surface area contributed by atoms with Crippen molar-refractivity contribution in [3.63, 3.8) is 0 Å². The van der Waals surface area contributed by atoms with E-state index in [9.17, 15) is 0 Å². The van der Waals surface area contributed by atoms with Crippen molar-refractivity contribution < 1.29 is 4.74 Å². The number of hydrogen-bond acceptors (Lipinski definition) is 6. The maximum atomic E-state index is 5.95. The van der Waals surface area contributed by atoms with E-state index in [1.54, 1.807) is 12.5 Å². The molecule has 0 radical (unpaired) electrons. The first kappa shape index (κ1) is 13.1. The number of aromatic amines is 1. The minimum Gasteiger partial charge on any atom is -0.476 e. The summed E-state index contributed by atoms with van der Waals surface area (Å²) in [5, 5.41) is 3.16. The Morgan fingerprint density at radius 2 is 2.32 bits per heavy atom. The third-order valence-corrected chi connectivity index (χ3v) is 2.53. The van der Waals surface area contributed by atoms with Gasteiger partial charge in [-0.05, 0) is 6.42 Å². The van der Waals surface area contributed by atoms with Crippen LogP contribution in [-0.2, 0) is 6.42 Å². The second-order valence-corrected chi connectivity index (χ2v) is 4.04. The zero-order valence-electron chi connectivity index (χ0n) is 10.9. The Labute approximate surface area is 111 Å². The molecule has 0 fully saturated rings. The van der Waals surface area contributed by atoms with Crippen molar-refractivity contribution in [1.82, 2.24) is 19.9 Å². The van der Waals surface area contributed by atoms with Crippen LogP contribution in [0.2, 0.25) is 0 Å². The standard InChI is InChI=1S/C12H18N6O/c1-2-5-19-12-10(13)11(17-8-18-12)15-4-3-9-6-14-7-16-9/h6-8H,2-5,13H2,1H3,(H,14,16)(H,15,17,18). The molecule has 4 N–H and O–H groups in total. The van der Waals surface area contributed by atoms with Gasteiger partial charge in [0.25, 0.3) is 0 Å². The molecule has 102 valence electrons. The molecule has 2 aromatic heterocycles. The molecule has 0 atom stereocenters. The first-order valence-electron chi connectivity index (χ1n) is 6.25. The van der Waals surface area contributed by atoms with Gasteiger partial charge in [0.15, 0.2) is 5.82 Å². The molecule has 0 bridgehead atoms. The van der Waals surface area contributed by atoms with E-state index in [2.05, 4.69) is 25.3 Å². The lowest BCUT2D eigenvalue weighted by molar-refractivity contribution is 0.306. The van der Waals surface area contributed by atoms with Gasteiger partial charge in [0.05, 0.1) is 12.9 Å². The largest absolute Gasteiger partial charge is 0.476 e. The Bertz CT molecular complexity index is 499. The highest BCUT2D eigenvalue weighted by Crippen LogP contribution is 2.24. The maximum absolute atomic E-state index is 5.95. The summed E-state index contributed by atoms with van der Waals surface area (Å²) in [7, 11) is 0. The second-order valence-electron chi connectivity index (χ2n) is 4.04. The van der Waals surface area contributed by atoms with Crippen LogP contribution in [0.15, 0.2) is 18.9 Å². The van der Waals surface area contributed by atoms with Crippen LogP contribution in [-0.4, -0.2) is 33.1 Å². The summed E-state index contributed by atoms with van der Waals surface area (Å²) in [5.74, 6) is 1.03. The smallest absolute Gasteiger partial charge is 0.242 e. The van der Waals surface area contributed by atoms with Gasteiger partial charge in [-0.15, -0.1) is 0 Å². The molecule has 2 aromatic rings. The average Bonchev–Trinajstić information content (AvgIpc) is 2.92. The Morgan fingerprint density at radius 1 is 1.42 bits per heavy atom. The van der Waals surface area contributed by atoms with Crippen molar-refractivity contribution in [2.45, 2.75) is 19.8 Å². The predicted molar refractivity (Wildman–Crippen MR) is 73.0 cm³/mol. The number of nitrogen functional groups attached to an aromatic ring is 1. The lowest BCUT2D eigenvalue weighted by Crippen LogP contribution is -2.11. The Morgan fingerprint density at radius 3 is 3.05 bits per heavy atom. The Balaban J connectivity index is 1.92. The van der Waals surface area contributed by atoms with E-state index >= 15 is 0 Å². The fourth-order valence-corrected chi connectivity index (χ4v) is 1.57. The summed E-state index contributed by atoms with van der Waals surface area (Å²) in [6.07, 6.45) is 6.62. The molecule has 0 aromatic carbocycles. The normalized spacial score (nSPS) is 10.4. The van der Waals surface area contributed by atoms with Crippen molar-refractivity contribution in [1.29, 1.82) is 0 Å².